The number of nitrogens with zero attached hydrogens (tertiary/aromatic N) is 4. The summed E-state index contributed by atoms with van der Waals surface area (Å²) >= 11 is 1.34. The van der Waals surface area contributed by atoms with Crippen LogP contribution in [0.2, 0.25) is 0 Å². The van der Waals surface area contributed by atoms with Crippen LogP contribution in [-0.2, 0) is 16.1 Å². The molecule has 0 fully saturated rings. The van der Waals surface area contributed by atoms with Crippen molar-refractivity contribution in [3.63, 3.8) is 0 Å². The van der Waals surface area contributed by atoms with Crippen LogP contribution in [0.5, 0.6) is 0 Å². The summed E-state index contributed by atoms with van der Waals surface area (Å²) in [7, 11) is 0. The van der Waals surface area contributed by atoms with Gasteiger partial charge >= 0.3 is 11.7 Å². The molecule has 0 aliphatic rings. The fourth-order valence-electron chi connectivity index (χ4n) is 3.15. The number of nitrogens with two attached hydrogens (primary N) is 1. The molecule has 0 aliphatic carbocycles. The number of benzene rings is 1. The molecule has 2 N–H and O–H groups in total. The van der Waals surface area contributed by atoms with Crippen molar-refractivity contribution in [1.82, 2.24) is 19.1 Å². The highest BCUT2D eigenvalue weighted by Gasteiger charge is 2.25. The number of amides is 1. The lowest BCUT2D eigenvalue weighted by Crippen LogP contribution is -2.28. The average molecular weight is 441 g/mol. The zero-order valence-electron chi connectivity index (χ0n) is 16.2. The molecule has 0 saturated carbocycles. The van der Waals surface area contributed by atoms with Gasteiger partial charge in [0, 0.05) is 0 Å². The maximum absolute atomic E-state index is 13.5. The van der Waals surface area contributed by atoms with Crippen LogP contribution in [-0.4, -0.2) is 37.6 Å². The third-order valence-corrected chi connectivity index (χ3v) is 5.29. The van der Waals surface area contributed by atoms with Crippen molar-refractivity contribution < 1.29 is 18.7 Å². The van der Waals surface area contributed by atoms with Gasteiger partial charge in [0.15, 0.2) is 17.2 Å². The number of thiophene rings is 1. The Morgan fingerprint density at radius 1 is 1.19 bits per heavy atom. The Hall–Kier alpha value is -3.86. The van der Waals surface area contributed by atoms with Gasteiger partial charge in [-0.05, 0) is 42.6 Å². The van der Waals surface area contributed by atoms with Gasteiger partial charge in [-0.3, -0.25) is 14.2 Å². The van der Waals surface area contributed by atoms with Crippen molar-refractivity contribution in [2.24, 2.45) is 5.73 Å². The maximum atomic E-state index is 13.5. The molecule has 31 heavy (non-hydrogen) atoms. The second kappa shape index (κ2) is 8.11. The molecule has 0 radical (unpaired) electrons. The molecular weight excluding hydrogens is 425 g/mol. The van der Waals surface area contributed by atoms with Crippen molar-refractivity contribution >= 4 is 34.4 Å². The van der Waals surface area contributed by atoms with Crippen molar-refractivity contribution in [2.75, 3.05) is 6.61 Å². The number of hydrogen-bond acceptors (Lipinski definition) is 7. The van der Waals surface area contributed by atoms with Crippen molar-refractivity contribution in [2.45, 2.75) is 13.5 Å². The number of carbonyl (C=O) groups is 2. The van der Waals surface area contributed by atoms with Crippen LogP contribution in [0.15, 0.2) is 46.6 Å². The number of fused-ring (bicyclic) bond motifs is 1. The summed E-state index contributed by atoms with van der Waals surface area (Å²) in [5.41, 5.74) is 5.03. The SMILES string of the molecule is CCOC(=O)Cn1c(=O)n(-c2ccc(F)cc2)c2nc(-c3cccs3)nc(C(N)=O)c21. The fraction of sp³-hybridized carbons (Fsp3) is 0.150. The third-order valence-electron chi connectivity index (χ3n) is 4.42. The molecule has 3 aromatic heterocycles. The van der Waals surface area contributed by atoms with Gasteiger partial charge < -0.3 is 10.5 Å². The summed E-state index contributed by atoms with van der Waals surface area (Å²) in [6.45, 7) is 1.28. The van der Waals surface area contributed by atoms with Crippen LogP contribution in [0.4, 0.5) is 4.39 Å². The molecule has 3 heterocycles. The average Bonchev–Trinajstić information content (AvgIpc) is 3.36. The van der Waals surface area contributed by atoms with E-state index in [0.717, 1.165) is 4.57 Å². The number of hydrogen-bond donors (Lipinski definition) is 1. The molecule has 0 spiro atoms. The Kier molecular flexibility index (Phi) is 5.34. The van der Waals surface area contributed by atoms with Gasteiger partial charge in [-0.25, -0.2) is 23.7 Å². The zero-order chi connectivity index (χ0) is 22.1. The zero-order valence-corrected chi connectivity index (χ0v) is 17.1. The molecule has 0 unspecified atom stereocenters. The Morgan fingerprint density at radius 2 is 1.94 bits per heavy atom. The molecule has 0 bridgehead atoms. The van der Waals surface area contributed by atoms with Crippen LogP contribution in [0.25, 0.3) is 27.6 Å². The predicted molar refractivity (Wildman–Crippen MR) is 112 cm³/mol. The summed E-state index contributed by atoms with van der Waals surface area (Å²) in [6, 6.07) is 8.70. The minimum absolute atomic E-state index is 0.00446. The topological polar surface area (TPSA) is 122 Å². The summed E-state index contributed by atoms with van der Waals surface area (Å²) in [5, 5.41) is 1.81. The monoisotopic (exact) mass is 441 g/mol. The Labute approximate surface area is 178 Å². The van der Waals surface area contributed by atoms with Gasteiger partial charge in [0.25, 0.3) is 5.91 Å². The molecule has 1 amide bonds. The number of aromatic nitrogens is 4. The van der Waals surface area contributed by atoms with Crippen molar-refractivity contribution in [1.29, 1.82) is 0 Å². The largest absolute Gasteiger partial charge is 0.465 e. The Morgan fingerprint density at radius 3 is 2.55 bits per heavy atom. The molecule has 0 saturated heterocycles. The standard InChI is InChI=1S/C20H16FN5O4S/c1-2-30-14(27)10-25-16-15(17(22)28)23-18(13-4-3-9-31-13)24-19(16)26(20(25)29)12-7-5-11(21)6-8-12/h3-9H,2,10H2,1H3,(H2,22,28). The second-order valence-electron chi connectivity index (χ2n) is 6.40. The summed E-state index contributed by atoms with van der Waals surface area (Å²) in [6.07, 6.45) is 0. The normalized spacial score (nSPS) is 11.0. The number of imidazole rings is 1. The third kappa shape index (κ3) is 3.70. The van der Waals surface area contributed by atoms with E-state index in [1.165, 1.54) is 40.2 Å². The first-order valence-electron chi connectivity index (χ1n) is 9.19. The highest BCUT2D eigenvalue weighted by molar-refractivity contribution is 7.13. The van der Waals surface area contributed by atoms with Gasteiger partial charge in [0.05, 0.1) is 17.2 Å². The lowest BCUT2D eigenvalue weighted by molar-refractivity contribution is -0.143. The maximum Gasteiger partial charge on any atom is 0.335 e. The lowest BCUT2D eigenvalue weighted by Gasteiger charge is -2.07. The van der Waals surface area contributed by atoms with Crippen molar-refractivity contribution in [3.8, 4) is 16.4 Å². The van der Waals surface area contributed by atoms with Crippen LogP contribution >= 0.6 is 11.3 Å². The van der Waals surface area contributed by atoms with Crippen LogP contribution in [0.3, 0.4) is 0 Å². The molecule has 4 aromatic rings. The number of halogens is 1. The van der Waals surface area contributed by atoms with E-state index >= 15 is 0 Å². The van der Waals surface area contributed by atoms with E-state index in [4.69, 9.17) is 10.5 Å². The molecule has 0 atom stereocenters. The molecule has 11 heteroatoms. The number of carbonyl (C=O) groups excluding carboxylic acids is 2. The van der Waals surface area contributed by atoms with E-state index in [0.29, 0.717) is 10.6 Å². The highest BCUT2D eigenvalue weighted by atomic mass is 32.1. The molecule has 0 aliphatic heterocycles. The highest BCUT2D eigenvalue weighted by Crippen LogP contribution is 2.26. The molecule has 4 rings (SSSR count). The number of rotatable bonds is 6. The minimum atomic E-state index is -0.890. The summed E-state index contributed by atoms with van der Waals surface area (Å²) in [4.78, 5) is 47.1. The number of esters is 1. The minimum Gasteiger partial charge on any atom is -0.465 e. The molecule has 1 aromatic carbocycles. The van der Waals surface area contributed by atoms with E-state index in [1.807, 2.05) is 5.38 Å². The molecular formula is C20H16FN5O4S. The van der Waals surface area contributed by atoms with E-state index < -0.39 is 29.9 Å². The fourth-order valence-corrected chi connectivity index (χ4v) is 3.81. The first-order chi connectivity index (χ1) is 14.9. The lowest BCUT2D eigenvalue weighted by atomic mass is 10.3. The van der Waals surface area contributed by atoms with E-state index in [9.17, 15) is 18.8 Å². The van der Waals surface area contributed by atoms with Gasteiger partial charge in [0.1, 0.15) is 17.9 Å². The van der Waals surface area contributed by atoms with E-state index in [2.05, 4.69) is 9.97 Å². The van der Waals surface area contributed by atoms with E-state index in [1.54, 1.807) is 19.1 Å². The van der Waals surface area contributed by atoms with Crippen LogP contribution in [0, 0.1) is 5.82 Å². The first-order valence-corrected chi connectivity index (χ1v) is 10.1. The van der Waals surface area contributed by atoms with Gasteiger partial charge in [0.2, 0.25) is 0 Å². The first kappa shape index (κ1) is 20.4. The summed E-state index contributed by atoms with van der Waals surface area (Å²) < 4.78 is 20.6. The smallest absolute Gasteiger partial charge is 0.335 e. The van der Waals surface area contributed by atoms with E-state index in [-0.39, 0.29) is 29.3 Å². The number of ether oxygens (including phenoxy) is 1. The molecule has 158 valence electrons. The number of primary amides is 1. The van der Waals surface area contributed by atoms with Gasteiger partial charge in [-0.15, -0.1) is 11.3 Å². The Bertz CT molecular complexity index is 1340. The van der Waals surface area contributed by atoms with Gasteiger partial charge in [-0.2, -0.15) is 0 Å². The Balaban J connectivity index is 2.08. The summed E-state index contributed by atoms with van der Waals surface area (Å²) in [5.74, 6) is -1.86. The van der Waals surface area contributed by atoms with Gasteiger partial charge in [-0.1, -0.05) is 6.07 Å². The molecule has 9 nitrogen and oxygen atoms in total. The van der Waals surface area contributed by atoms with Crippen LogP contribution in [0.1, 0.15) is 17.4 Å². The van der Waals surface area contributed by atoms with Crippen molar-refractivity contribution in [3.05, 3.63) is 63.8 Å². The second-order valence-corrected chi connectivity index (χ2v) is 7.34. The van der Waals surface area contributed by atoms with Crippen LogP contribution < -0.4 is 11.4 Å². The quantitative estimate of drug-likeness (QED) is 0.457. The predicted octanol–water partition coefficient (Wildman–Crippen LogP) is 2.11.